The van der Waals surface area contributed by atoms with Crippen LogP contribution in [0.15, 0.2) is 6.20 Å². The van der Waals surface area contributed by atoms with Gasteiger partial charge in [0.05, 0.1) is 49.9 Å². The van der Waals surface area contributed by atoms with E-state index in [0.717, 1.165) is 11.4 Å². The fraction of sp³-hybridized carbons (Fsp3) is 0.722. The van der Waals surface area contributed by atoms with Crippen molar-refractivity contribution >= 4 is 17.7 Å². The number of morpholine rings is 1. The molecule has 0 spiro atoms. The van der Waals surface area contributed by atoms with Gasteiger partial charge < -0.3 is 14.4 Å². The number of fused-ring (bicyclic) bond motifs is 3. The molecule has 2 bridgehead atoms. The van der Waals surface area contributed by atoms with Crippen LogP contribution in [-0.4, -0.2) is 70.2 Å². The van der Waals surface area contributed by atoms with E-state index >= 15 is 0 Å². The molecule has 2 fully saturated rings. The van der Waals surface area contributed by atoms with Crippen LogP contribution in [0.2, 0.25) is 0 Å². The van der Waals surface area contributed by atoms with Crippen molar-refractivity contribution in [3.05, 3.63) is 11.9 Å². The molecule has 0 saturated carbocycles. The second-order valence-corrected chi connectivity index (χ2v) is 8.52. The quantitative estimate of drug-likeness (QED) is 0.776. The van der Waals surface area contributed by atoms with Crippen LogP contribution in [0.4, 0.5) is 10.5 Å². The molecule has 3 atom stereocenters. The molecule has 2 saturated heterocycles. The van der Waals surface area contributed by atoms with Gasteiger partial charge in [0.1, 0.15) is 11.6 Å². The molecule has 9 heteroatoms. The van der Waals surface area contributed by atoms with Crippen molar-refractivity contribution < 1.29 is 19.1 Å². The fourth-order valence-electron chi connectivity index (χ4n) is 3.85. The largest absolute Gasteiger partial charge is 0.444 e. The van der Waals surface area contributed by atoms with Gasteiger partial charge >= 0.3 is 6.09 Å². The Morgan fingerprint density at radius 2 is 2.11 bits per heavy atom. The van der Waals surface area contributed by atoms with Gasteiger partial charge in [0, 0.05) is 12.6 Å². The molecular weight excluding hydrogens is 350 g/mol. The Hall–Kier alpha value is -2.13. The van der Waals surface area contributed by atoms with Crippen molar-refractivity contribution in [1.82, 2.24) is 20.0 Å². The van der Waals surface area contributed by atoms with Gasteiger partial charge in [0.15, 0.2) is 0 Å². The summed E-state index contributed by atoms with van der Waals surface area (Å²) in [5, 5.41) is 7.78. The van der Waals surface area contributed by atoms with Crippen LogP contribution in [-0.2, 0) is 27.4 Å². The van der Waals surface area contributed by atoms with Gasteiger partial charge in [-0.3, -0.25) is 19.7 Å². The number of rotatable bonds is 1. The number of hydrogen-bond donors (Lipinski definition) is 1. The smallest absolute Gasteiger partial charge is 0.410 e. The highest BCUT2D eigenvalue weighted by molar-refractivity contribution is 5.98. The van der Waals surface area contributed by atoms with Gasteiger partial charge in [-0.1, -0.05) is 0 Å². The SMILES string of the molecule is C[C@H]1Cn2ncc(N3CC4COCC(N4)C3=O)c2CN1C(=O)OC(C)(C)C. The van der Waals surface area contributed by atoms with E-state index in [1.807, 2.05) is 32.4 Å². The highest BCUT2D eigenvalue weighted by Crippen LogP contribution is 2.30. The van der Waals surface area contributed by atoms with Crippen molar-refractivity contribution in [1.29, 1.82) is 0 Å². The zero-order valence-corrected chi connectivity index (χ0v) is 16.3. The lowest BCUT2D eigenvalue weighted by molar-refractivity contribution is -0.126. The summed E-state index contributed by atoms with van der Waals surface area (Å²) in [5.41, 5.74) is 1.09. The topological polar surface area (TPSA) is 88.9 Å². The maximum atomic E-state index is 12.8. The minimum atomic E-state index is -0.552. The molecule has 1 N–H and O–H groups in total. The molecule has 1 aromatic rings. The summed E-state index contributed by atoms with van der Waals surface area (Å²) in [5.74, 6) is -0.0100. The Labute approximate surface area is 158 Å². The van der Waals surface area contributed by atoms with E-state index in [4.69, 9.17) is 9.47 Å². The summed E-state index contributed by atoms with van der Waals surface area (Å²) in [7, 11) is 0. The molecule has 0 radical (unpaired) electrons. The molecule has 2 amide bonds. The molecule has 9 nitrogen and oxygen atoms in total. The predicted octanol–water partition coefficient (Wildman–Crippen LogP) is 0.726. The number of aromatic nitrogens is 2. The van der Waals surface area contributed by atoms with Gasteiger partial charge in [0.25, 0.3) is 0 Å². The number of nitrogens with zero attached hydrogens (tertiary/aromatic N) is 4. The predicted molar refractivity (Wildman–Crippen MR) is 97.3 cm³/mol. The summed E-state index contributed by atoms with van der Waals surface area (Å²) < 4.78 is 12.9. The standard InChI is InChI=1S/C18H27N5O4/c1-11-6-23-15(8-21(11)17(25)27-18(2,3)4)14(5-19-23)22-7-12-9-26-10-13(20-12)16(22)24/h5,11-13,20H,6-10H2,1-4H3/t11-,12?,13?/m0/s1. The first-order valence-corrected chi connectivity index (χ1v) is 9.42. The average molecular weight is 377 g/mol. The first kappa shape index (κ1) is 18.2. The zero-order valence-electron chi connectivity index (χ0n) is 16.3. The van der Waals surface area contributed by atoms with Crippen LogP contribution in [0.1, 0.15) is 33.4 Å². The molecule has 3 aliphatic heterocycles. The summed E-state index contributed by atoms with van der Waals surface area (Å²) in [4.78, 5) is 29.0. The number of nitrogens with one attached hydrogen (secondary N) is 1. The lowest BCUT2D eigenvalue weighted by Gasteiger charge is -2.42. The van der Waals surface area contributed by atoms with Crippen LogP contribution in [0.5, 0.6) is 0 Å². The second-order valence-electron chi connectivity index (χ2n) is 8.52. The van der Waals surface area contributed by atoms with Gasteiger partial charge in [0.2, 0.25) is 5.91 Å². The zero-order chi connectivity index (χ0) is 19.3. The number of amides is 2. The van der Waals surface area contributed by atoms with Gasteiger partial charge in [-0.2, -0.15) is 5.10 Å². The third-order valence-corrected chi connectivity index (χ3v) is 5.14. The molecule has 2 unspecified atom stereocenters. The maximum absolute atomic E-state index is 12.8. The van der Waals surface area contributed by atoms with E-state index in [2.05, 4.69) is 10.4 Å². The van der Waals surface area contributed by atoms with Crippen molar-refractivity contribution in [2.75, 3.05) is 24.7 Å². The Morgan fingerprint density at radius 3 is 2.85 bits per heavy atom. The van der Waals surface area contributed by atoms with Crippen molar-refractivity contribution in [2.24, 2.45) is 0 Å². The van der Waals surface area contributed by atoms with Gasteiger partial charge in [-0.25, -0.2) is 4.79 Å². The lowest BCUT2D eigenvalue weighted by Crippen LogP contribution is -2.66. The molecule has 4 rings (SSSR count). The molecule has 27 heavy (non-hydrogen) atoms. The Bertz CT molecular complexity index is 755. The Kier molecular flexibility index (Phi) is 4.38. The van der Waals surface area contributed by atoms with Crippen LogP contribution >= 0.6 is 0 Å². The molecule has 0 aliphatic carbocycles. The van der Waals surface area contributed by atoms with E-state index in [1.54, 1.807) is 16.0 Å². The third-order valence-electron chi connectivity index (χ3n) is 5.14. The summed E-state index contributed by atoms with van der Waals surface area (Å²) in [6.07, 6.45) is 1.39. The molecule has 4 heterocycles. The third kappa shape index (κ3) is 3.41. The van der Waals surface area contributed by atoms with Gasteiger partial charge in [-0.15, -0.1) is 0 Å². The molecule has 148 valence electrons. The number of piperazine rings is 1. The van der Waals surface area contributed by atoms with Crippen molar-refractivity contribution in [2.45, 2.75) is 64.5 Å². The van der Waals surface area contributed by atoms with Crippen LogP contribution < -0.4 is 10.2 Å². The van der Waals surface area contributed by atoms with Crippen molar-refractivity contribution in [3.63, 3.8) is 0 Å². The number of ether oxygens (including phenoxy) is 2. The van der Waals surface area contributed by atoms with E-state index in [0.29, 0.717) is 32.8 Å². The number of carbonyl (C=O) groups is 2. The monoisotopic (exact) mass is 377 g/mol. The summed E-state index contributed by atoms with van der Waals surface area (Å²) >= 11 is 0. The Morgan fingerprint density at radius 1 is 1.33 bits per heavy atom. The van der Waals surface area contributed by atoms with E-state index in [-0.39, 0.29) is 30.1 Å². The highest BCUT2D eigenvalue weighted by Gasteiger charge is 2.40. The van der Waals surface area contributed by atoms with E-state index < -0.39 is 5.60 Å². The molecule has 1 aromatic heterocycles. The Balaban J connectivity index is 1.59. The molecular formula is C18H27N5O4. The normalized spacial score (nSPS) is 28.1. The van der Waals surface area contributed by atoms with Gasteiger partial charge in [-0.05, 0) is 27.7 Å². The van der Waals surface area contributed by atoms with Crippen molar-refractivity contribution in [3.8, 4) is 0 Å². The summed E-state index contributed by atoms with van der Waals surface area (Å²) in [6, 6.07) is -0.245. The molecule has 0 aromatic carbocycles. The van der Waals surface area contributed by atoms with E-state index in [1.165, 1.54) is 0 Å². The molecule has 3 aliphatic rings. The minimum Gasteiger partial charge on any atom is -0.444 e. The van der Waals surface area contributed by atoms with Crippen LogP contribution in [0.25, 0.3) is 0 Å². The second kappa shape index (κ2) is 6.49. The first-order chi connectivity index (χ1) is 12.7. The highest BCUT2D eigenvalue weighted by atomic mass is 16.6. The number of hydrogen-bond acceptors (Lipinski definition) is 6. The van der Waals surface area contributed by atoms with Crippen LogP contribution in [0.3, 0.4) is 0 Å². The summed E-state index contributed by atoms with van der Waals surface area (Å²) in [6.45, 7) is 10.0. The first-order valence-electron chi connectivity index (χ1n) is 9.42. The minimum absolute atomic E-state index is 0.0100. The fourth-order valence-corrected chi connectivity index (χ4v) is 3.85. The number of carbonyl (C=O) groups excluding carboxylic acids is 2. The van der Waals surface area contributed by atoms with Crippen LogP contribution in [0, 0.1) is 0 Å². The number of anilines is 1. The maximum Gasteiger partial charge on any atom is 0.410 e. The average Bonchev–Trinajstić information content (AvgIpc) is 2.98. The van der Waals surface area contributed by atoms with E-state index in [9.17, 15) is 9.59 Å². The lowest BCUT2D eigenvalue weighted by atomic mass is 10.1.